The molecule has 1 radical (unpaired) electrons. The van der Waals surface area contributed by atoms with E-state index in [1.54, 1.807) is 18.6 Å². The lowest BCUT2D eigenvalue weighted by molar-refractivity contribution is 0.474. The van der Waals surface area contributed by atoms with Gasteiger partial charge in [0.2, 0.25) is 0 Å². The van der Waals surface area contributed by atoms with Crippen LogP contribution >= 0.6 is 0 Å². The molecule has 1 aliphatic rings. The van der Waals surface area contributed by atoms with E-state index in [0.717, 1.165) is 11.3 Å². The second kappa shape index (κ2) is 3.22. The maximum absolute atomic E-state index is 5.33. The van der Waals surface area contributed by atoms with E-state index in [9.17, 15) is 0 Å². The van der Waals surface area contributed by atoms with E-state index in [4.69, 9.17) is 4.74 Å². The maximum atomic E-state index is 5.33. The van der Waals surface area contributed by atoms with E-state index in [2.05, 4.69) is 11.1 Å². The van der Waals surface area contributed by atoms with E-state index >= 15 is 0 Å². The lowest BCUT2D eigenvalue weighted by atomic mass is 10.2. The zero-order valence-electron chi connectivity index (χ0n) is 6.53. The van der Waals surface area contributed by atoms with Crippen molar-refractivity contribution in [3.05, 3.63) is 42.2 Å². The topological polar surface area (TPSA) is 21.6 Å². The quantitative estimate of drug-likeness (QED) is 0.565. The molecular formula is C10H8NO. The van der Waals surface area contributed by atoms with Gasteiger partial charge >= 0.3 is 0 Å². The first kappa shape index (κ1) is 7.10. The Morgan fingerprint density at radius 2 is 2.50 bits per heavy atom. The number of fused-ring (bicyclic) bond motifs is 1. The van der Waals surface area contributed by atoms with Gasteiger partial charge in [-0.25, -0.2) is 0 Å². The molecule has 0 aromatic heterocycles. The van der Waals surface area contributed by atoms with Crippen molar-refractivity contribution in [3.8, 4) is 5.75 Å². The number of benzene rings is 1. The van der Waals surface area contributed by atoms with Crippen molar-refractivity contribution in [3.63, 3.8) is 0 Å². The number of ether oxygens (including phenoxy) is 1. The third kappa shape index (κ3) is 1.37. The molecule has 0 saturated heterocycles. The van der Waals surface area contributed by atoms with Crippen molar-refractivity contribution in [2.75, 3.05) is 0 Å². The standard InChI is InChI=1S/C10H8NO/c1-2-5-10-9(4-1)8-11-6-3-7-12-10/h1-3,5-7H,8H2/b7-3-,11-6-. The summed E-state index contributed by atoms with van der Waals surface area (Å²) in [6.45, 7) is 0.639. The highest BCUT2D eigenvalue weighted by Crippen LogP contribution is 2.18. The van der Waals surface area contributed by atoms with Crippen LogP contribution in [0.3, 0.4) is 0 Å². The maximum Gasteiger partial charge on any atom is 0.132 e. The van der Waals surface area contributed by atoms with Gasteiger partial charge in [0.25, 0.3) is 0 Å². The second-order valence-corrected chi connectivity index (χ2v) is 2.45. The average molecular weight is 158 g/mol. The molecule has 12 heavy (non-hydrogen) atoms. The summed E-state index contributed by atoms with van der Waals surface area (Å²) in [4.78, 5) is 4.15. The SMILES string of the molecule is [c]1cccc2c1C/N=C\C=C/O2. The number of aliphatic imine (C=N–C) groups is 1. The van der Waals surface area contributed by atoms with Gasteiger partial charge in [-0.2, -0.15) is 0 Å². The van der Waals surface area contributed by atoms with Gasteiger partial charge in [0.1, 0.15) is 5.75 Å². The summed E-state index contributed by atoms with van der Waals surface area (Å²) in [5.41, 5.74) is 0.998. The van der Waals surface area contributed by atoms with Crippen LogP contribution in [-0.4, -0.2) is 6.21 Å². The molecule has 0 unspecified atom stereocenters. The molecule has 1 aliphatic heterocycles. The molecule has 1 aromatic rings. The van der Waals surface area contributed by atoms with E-state index < -0.39 is 0 Å². The average Bonchev–Trinajstić information content (AvgIpc) is 2.06. The van der Waals surface area contributed by atoms with Gasteiger partial charge in [-0.05, 0) is 18.2 Å². The largest absolute Gasteiger partial charge is 0.465 e. The van der Waals surface area contributed by atoms with Crippen LogP contribution in [0.5, 0.6) is 5.75 Å². The highest BCUT2D eigenvalue weighted by molar-refractivity contribution is 5.71. The van der Waals surface area contributed by atoms with Crippen molar-refractivity contribution >= 4 is 6.21 Å². The Bertz CT molecular complexity index is 295. The van der Waals surface area contributed by atoms with Crippen LogP contribution in [0.1, 0.15) is 5.56 Å². The Morgan fingerprint density at radius 1 is 1.50 bits per heavy atom. The molecule has 1 heterocycles. The van der Waals surface area contributed by atoms with Crippen LogP contribution in [0.2, 0.25) is 0 Å². The van der Waals surface area contributed by atoms with E-state index in [1.807, 2.05) is 18.2 Å². The Balaban J connectivity index is 2.40. The van der Waals surface area contributed by atoms with Crippen molar-refractivity contribution in [1.29, 1.82) is 0 Å². The van der Waals surface area contributed by atoms with Crippen LogP contribution in [0.4, 0.5) is 0 Å². The molecule has 59 valence electrons. The Hall–Kier alpha value is -1.57. The fourth-order valence-corrected chi connectivity index (χ4v) is 1.04. The van der Waals surface area contributed by atoms with Crippen molar-refractivity contribution in [1.82, 2.24) is 0 Å². The highest BCUT2D eigenvalue weighted by Gasteiger charge is 2.01. The number of rotatable bonds is 0. The monoisotopic (exact) mass is 158 g/mol. The number of hydrogen-bond donors (Lipinski definition) is 0. The number of hydrogen-bond acceptors (Lipinski definition) is 2. The fraction of sp³-hybridized carbons (Fsp3) is 0.100. The first-order valence-corrected chi connectivity index (χ1v) is 3.78. The lowest BCUT2D eigenvalue weighted by Gasteiger charge is -2.06. The molecule has 2 heteroatoms. The fourth-order valence-electron chi connectivity index (χ4n) is 1.04. The van der Waals surface area contributed by atoms with E-state index in [-0.39, 0.29) is 0 Å². The summed E-state index contributed by atoms with van der Waals surface area (Å²) in [5.74, 6) is 0.839. The van der Waals surface area contributed by atoms with Gasteiger partial charge in [0.15, 0.2) is 0 Å². The molecule has 0 spiro atoms. The van der Waals surface area contributed by atoms with Gasteiger partial charge in [-0.1, -0.05) is 12.1 Å². The van der Waals surface area contributed by atoms with Crippen LogP contribution in [0.15, 0.2) is 35.5 Å². The third-order valence-electron chi connectivity index (χ3n) is 1.61. The van der Waals surface area contributed by atoms with Crippen molar-refractivity contribution in [2.24, 2.45) is 4.99 Å². The molecule has 2 rings (SSSR count). The predicted molar refractivity (Wildman–Crippen MR) is 47.2 cm³/mol. The smallest absolute Gasteiger partial charge is 0.132 e. The molecule has 0 fully saturated rings. The zero-order chi connectivity index (χ0) is 8.23. The highest BCUT2D eigenvalue weighted by atomic mass is 16.5. The first-order chi connectivity index (χ1) is 5.97. The Kier molecular flexibility index (Phi) is 1.90. The zero-order valence-corrected chi connectivity index (χ0v) is 6.53. The second-order valence-electron chi connectivity index (χ2n) is 2.45. The van der Waals surface area contributed by atoms with E-state index in [1.165, 1.54) is 0 Å². The van der Waals surface area contributed by atoms with Crippen LogP contribution < -0.4 is 4.74 Å². The number of allylic oxidation sites excluding steroid dienone is 1. The summed E-state index contributed by atoms with van der Waals surface area (Å²) < 4.78 is 5.33. The van der Waals surface area contributed by atoms with Gasteiger partial charge < -0.3 is 4.74 Å². The summed E-state index contributed by atoms with van der Waals surface area (Å²) in [6, 6.07) is 8.76. The van der Waals surface area contributed by atoms with Gasteiger partial charge in [0.05, 0.1) is 12.8 Å². The summed E-state index contributed by atoms with van der Waals surface area (Å²) in [6.07, 6.45) is 5.12. The molecule has 1 aromatic carbocycles. The Morgan fingerprint density at radius 3 is 3.50 bits per heavy atom. The molecule has 2 nitrogen and oxygen atoms in total. The molecule has 0 N–H and O–H groups in total. The minimum Gasteiger partial charge on any atom is -0.465 e. The van der Waals surface area contributed by atoms with Gasteiger partial charge in [0, 0.05) is 11.8 Å². The first-order valence-electron chi connectivity index (χ1n) is 3.78. The summed E-state index contributed by atoms with van der Waals surface area (Å²) in [5, 5.41) is 0. The minimum absolute atomic E-state index is 0.639. The summed E-state index contributed by atoms with van der Waals surface area (Å²) in [7, 11) is 0. The predicted octanol–water partition coefficient (Wildman–Crippen LogP) is 1.96. The molecule has 0 aliphatic carbocycles. The molecular weight excluding hydrogens is 150 g/mol. The van der Waals surface area contributed by atoms with Crippen molar-refractivity contribution < 1.29 is 4.74 Å². The Labute approximate surface area is 71.2 Å². The molecule has 0 saturated carbocycles. The van der Waals surface area contributed by atoms with Gasteiger partial charge in [-0.15, -0.1) is 0 Å². The molecule has 0 amide bonds. The normalized spacial score (nSPS) is 19.7. The van der Waals surface area contributed by atoms with Gasteiger partial charge in [-0.3, -0.25) is 4.99 Å². The number of nitrogens with zero attached hydrogens (tertiary/aromatic N) is 1. The molecule has 0 atom stereocenters. The van der Waals surface area contributed by atoms with E-state index in [0.29, 0.717) is 6.54 Å². The van der Waals surface area contributed by atoms with Crippen molar-refractivity contribution in [2.45, 2.75) is 6.54 Å². The van der Waals surface area contributed by atoms with Crippen LogP contribution in [0.25, 0.3) is 0 Å². The third-order valence-corrected chi connectivity index (χ3v) is 1.61. The lowest BCUT2D eigenvalue weighted by Crippen LogP contribution is -1.92. The summed E-state index contributed by atoms with van der Waals surface area (Å²) >= 11 is 0. The minimum atomic E-state index is 0.639. The van der Waals surface area contributed by atoms with Crippen LogP contribution in [0, 0.1) is 6.07 Å². The molecule has 0 bridgehead atoms. The van der Waals surface area contributed by atoms with Crippen LogP contribution in [-0.2, 0) is 6.54 Å².